The molecule has 0 N–H and O–H groups in total. The topological polar surface area (TPSA) is 39.4 Å². The van der Waals surface area contributed by atoms with Gasteiger partial charge in [0.15, 0.2) is 0 Å². The zero-order valence-corrected chi connectivity index (χ0v) is 14.1. The average molecular weight is 310 g/mol. The number of fused-ring (bicyclic) bond motifs is 1. The Labute approximate surface area is 136 Å². The number of allylic oxidation sites excluding steroid dienone is 3. The second-order valence-corrected chi connectivity index (χ2v) is 6.15. The quantitative estimate of drug-likeness (QED) is 0.450. The largest absolute Gasteiger partial charge is 0.496 e. The Morgan fingerprint density at radius 3 is 2.61 bits per heavy atom. The molecule has 0 bridgehead atoms. The van der Waals surface area contributed by atoms with Gasteiger partial charge < -0.3 is 9.15 Å². The first kappa shape index (κ1) is 16.8. The van der Waals surface area contributed by atoms with E-state index in [9.17, 15) is 4.79 Å². The van der Waals surface area contributed by atoms with Gasteiger partial charge in [0.2, 0.25) is 0 Å². The summed E-state index contributed by atoms with van der Waals surface area (Å²) in [6, 6.07) is 5.61. The molecule has 3 nitrogen and oxygen atoms in total. The molecule has 0 aliphatic heterocycles. The van der Waals surface area contributed by atoms with Crippen molar-refractivity contribution in [2.75, 3.05) is 7.11 Å². The highest BCUT2D eigenvalue weighted by Gasteiger charge is 2.22. The Balaban J connectivity index is 2.80. The van der Waals surface area contributed by atoms with Gasteiger partial charge in [0.25, 0.3) is 0 Å². The van der Waals surface area contributed by atoms with Gasteiger partial charge in [-0.25, -0.2) is 4.79 Å². The van der Waals surface area contributed by atoms with Crippen molar-refractivity contribution in [1.82, 2.24) is 0 Å². The summed E-state index contributed by atoms with van der Waals surface area (Å²) in [7, 11) is 1.59. The standard InChI is InChI=1S/C20H22O3/c1-7-20(4,5)16-12-14-9-11-17(22-6)15(10-8-13(2)3)18(14)23-19(16)21/h7-12H,1-2H2,3-6H3/b10-8+. The first-order chi connectivity index (χ1) is 10.8. The number of rotatable bonds is 5. The summed E-state index contributed by atoms with van der Waals surface area (Å²) in [5.41, 5.74) is 1.91. The molecular formula is C20H22O3. The van der Waals surface area contributed by atoms with E-state index < -0.39 is 5.41 Å². The zero-order valence-electron chi connectivity index (χ0n) is 14.1. The SMILES string of the molecule is C=CC(C)(C)c1cc2ccc(OC)c(/C=C/C(=C)C)c2oc1=O. The first-order valence-corrected chi connectivity index (χ1v) is 7.42. The third-order valence-electron chi connectivity index (χ3n) is 3.86. The number of hydrogen-bond donors (Lipinski definition) is 0. The molecule has 0 fully saturated rings. The summed E-state index contributed by atoms with van der Waals surface area (Å²) in [4.78, 5) is 12.4. The van der Waals surface area contributed by atoms with Gasteiger partial charge in [-0.1, -0.05) is 38.2 Å². The van der Waals surface area contributed by atoms with Crippen LogP contribution in [-0.4, -0.2) is 7.11 Å². The summed E-state index contributed by atoms with van der Waals surface area (Å²) in [5, 5.41) is 0.844. The van der Waals surface area contributed by atoms with Crippen LogP contribution in [0.15, 0.2) is 58.3 Å². The second kappa shape index (κ2) is 6.29. The van der Waals surface area contributed by atoms with Gasteiger partial charge >= 0.3 is 5.63 Å². The van der Waals surface area contributed by atoms with Crippen LogP contribution < -0.4 is 10.4 Å². The fraction of sp³-hybridized carbons (Fsp3) is 0.250. The highest BCUT2D eigenvalue weighted by molar-refractivity contribution is 5.89. The van der Waals surface area contributed by atoms with E-state index in [1.807, 2.05) is 51.1 Å². The van der Waals surface area contributed by atoms with Gasteiger partial charge in [-0.15, -0.1) is 6.58 Å². The maximum atomic E-state index is 12.4. The van der Waals surface area contributed by atoms with Crippen LogP contribution in [0.3, 0.4) is 0 Å². The normalized spacial score (nSPS) is 11.8. The number of benzene rings is 1. The van der Waals surface area contributed by atoms with E-state index in [4.69, 9.17) is 9.15 Å². The maximum absolute atomic E-state index is 12.4. The van der Waals surface area contributed by atoms with E-state index in [2.05, 4.69) is 13.2 Å². The van der Waals surface area contributed by atoms with Gasteiger partial charge in [-0.05, 0) is 31.2 Å². The van der Waals surface area contributed by atoms with E-state index in [0.717, 1.165) is 16.5 Å². The zero-order chi connectivity index (χ0) is 17.2. The third-order valence-corrected chi connectivity index (χ3v) is 3.86. The van der Waals surface area contributed by atoms with Crippen LogP contribution in [0.5, 0.6) is 5.75 Å². The number of methoxy groups -OCH3 is 1. The van der Waals surface area contributed by atoms with Gasteiger partial charge in [-0.3, -0.25) is 0 Å². The smallest absolute Gasteiger partial charge is 0.340 e. The third kappa shape index (κ3) is 3.29. The molecule has 1 aromatic carbocycles. The summed E-state index contributed by atoms with van der Waals surface area (Å²) >= 11 is 0. The van der Waals surface area contributed by atoms with Crippen LogP contribution in [0.2, 0.25) is 0 Å². The van der Waals surface area contributed by atoms with Gasteiger partial charge in [0, 0.05) is 16.4 Å². The van der Waals surface area contributed by atoms with Crippen molar-refractivity contribution in [2.45, 2.75) is 26.2 Å². The second-order valence-electron chi connectivity index (χ2n) is 6.15. The van der Waals surface area contributed by atoms with E-state index in [0.29, 0.717) is 16.9 Å². The molecule has 0 atom stereocenters. The molecule has 0 spiro atoms. The molecule has 0 radical (unpaired) electrons. The molecule has 2 aromatic rings. The minimum atomic E-state index is -0.456. The van der Waals surface area contributed by atoms with Crippen molar-refractivity contribution in [3.05, 3.63) is 70.6 Å². The Kier molecular flexibility index (Phi) is 4.60. The lowest BCUT2D eigenvalue weighted by molar-refractivity contribution is 0.413. The van der Waals surface area contributed by atoms with E-state index in [-0.39, 0.29) is 5.63 Å². The van der Waals surface area contributed by atoms with Crippen molar-refractivity contribution in [3.8, 4) is 5.75 Å². The molecule has 23 heavy (non-hydrogen) atoms. The van der Waals surface area contributed by atoms with Crippen LogP contribution in [0.4, 0.5) is 0 Å². The molecule has 0 saturated carbocycles. The maximum Gasteiger partial charge on any atom is 0.340 e. The van der Waals surface area contributed by atoms with Crippen molar-refractivity contribution >= 4 is 17.0 Å². The Morgan fingerprint density at radius 2 is 2.04 bits per heavy atom. The van der Waals surface area contributed by atoms with Crippen molar-refractivity contribution in [3.63, 3.8) is 0 Å². The molecule has 0 saturated heterocycles. The predicted molar refractivity (Wildman–Crippen MR) is 96.1 cm³/mol. The Hall–Kier alpha value is -2.55. The molecular weight excluding hydrogens is 288 g/mol. The van der Waals surface area contributed by atoms with E-state index >= 15 is 0 Å². The van der Waals surface area contributed by atoms with E-state index in [1.165, 1.54) is 0 Å². The van der Waals surface area contributed by atoms with Crippen LogP contribution in [0.25, 0.3) is 17.0 Å². The molecule has 0 amide bonds. The highest BCUT2D eigenvalue weighted by Crippen LogP contribution is 2.31. The minimum absolute atomic E-state index is 0.361. The molecule has 0 aliphatic rings. The molecule has 1 heterocycles. The first-order valence-electron chi connectivity index (χ1n) is 7.42. The predicted octanol–water partition coefficient (Wildman–Crippen LogP) is 4.85. The van der Waals surface area contributed by atoms with Crippen LogP contribution in [0, 0.1) is 0 Å². The summed E-state index contributed by atoms with van der Waals surface area (Å²) in [5.74, 6) is 0.647. The lowest BCUT2D eigenvalue weighted by atomic mass is 9.85. The van der Waals surface area contributed by atoms with E-state index in [1.54, 1.807) is 13.2 Å². The highest BCUT2D eigenvalue weighted by atomic mass is 16.5. The summed E-state index contributed by atoms with van der Waals surface area (Å²) < 4.78 is 11.0. The Morgan fingerprint density at radius 1 is 1.35 bits per heavy atom. The summed E-state index contributed by atoms with van der Waals surface area (Å²) in [6.45, 7) is 13.4. The fourth-order valence-corrected chi connectivity index (χ4v) is 2.31. The number of hydrogen-bond acceptors (Lipinski definition) is 3. The van der Waals surface area contributed by atoms with Crippen LogP contribution >= 0.6 is 0 Å². The average Bonchev–Trinajstić information content (AvgIpc) is 2.51. The lowest BCUT2D eigenvalue weighted by Crippen LogP contribution is -2.22. The van der Waals surface area contributed by atoms with Crippen molar-refractivity contribution < 1.29 is 9.15 Å². The summed E-state index contributed by atoms with van der Waals surface area (Å²) in [6.07, 6.45) is 5.46. The molecule has 0 aliphatic carbocycles. The minimum Gasteiger partial charge on any atom is -0.496 e. The molecule has 0 unspecified atom stereocenters. The van der Waals surface area contributed by atoms with Gasteiger partial charge in [0.05, 0.1) is 12.7 Å². The van der Waals surface area contributed by atoms with Crippen molar-refractivity contribution in [2.24, 2.45) is 0 Å². The van der Waals surface area contributed by atoms with Crippen LogP contribution in [-0.2, 0) is 5.41 Å². The molecule has 1 aromatic heterocycles. The molecule has 120 valence electrons. The fourth-order valence-electron chi connectivity index (χ4n) is 2.31. The Bertz CT molecular complexity index is 851. The van der Waals surface area contributed by atoms with Crippen molar-refractivity contribution in [1.29, 1.82) is 0 Å². The van der Waals surface area contributed by atoms with Gasteiger partial charge in [0.1, 0.15) is 11.3 Å². The number of ether oxygens (including phenoxy) is 1. The van der Waals surface area contributed by atoms with Gasteiger partial charge in [-0.2, -0.15) is 0 Å². The van der Waals surface area contributed by atoms with Crippen LogP contribution in [0.1, 0.15) is 31.9 Å². The monoisotopic (exact) mass is 310 g/mol. The lowest BCUT2D eigenvalue weighted by Gasteiger charge is -2.19. The molecule has 2 rings (SSSR count). The molecule has 3 heteroatoms.